The third kappa shape index (κ3) is 2.61. The van der Waals surface area contributed by atoms with Crippen LogP contribution in [0.25, 0.3) is 0 Å². The summed E-state index contributed by atoms with van der Waals surface area (Å²) in [6.45, 7) is 4.55. The van der Waals surface area contributed by atoms with Crippen LogP contribution in [0.2, 0.25) is 0 Å². The predicted octanol–water partition coefficient (Wildman–Crippen LogP) is 1.30. The first-order valence-electron chi connectivity index (χ1n) is 6.35. The highest BCUT2D eigenvalue weighted by Gasteiger charge is 2.35. The van der Waals surface area contributed by atoms with Crippen molar-refractivity contribution < 1.29 is 4.74 Å². The highest BCUT2D eigenvalue weighted by molar-refractivity contribution is 5.38. The Morgan fingerprint density at radius 1 is 1.22 bits per heavy atom. The third-order valence-corrected chi connectivity index (χ3v) is 3.38. The van der Waals surface area contributed by atoms with E-state index in [-0.39, 0.29) is 11.5 Å². The molecule has 1 aromatic heterocycles. The number of hydrazine groups is 1. The van der Waals surface area contributed by atoms with E-state index in [1.807, 2.05) is 6.92 Å². The summed E-state index contributed by atoms with van der Waals surface area (Å²) in [5.41, 5.74) is 2.55. The first-order valence-corrected chi connectivity index (χ1v) is 6.35. The van der Waals surface area contributed by atoms with Gasteiger partial charge in [0, 0.05) is 5.54 Å². The van der Waals surface area contributed by atoms with E-state index in [9.17, 15) is 0 Å². The van der Waals surface area contributed by atoms with Crippen molar-refractivity contribution in [3.05, 3.63) is 0 Å². The molecule has 0 saturated heterocycles. The second kappa shape index (κ2) is 5.34. The number of hydrogen-bond donors (Lipinski definition) is 3. The maximum Gasteiger partial charge on any atom is 0.323 e. The van der Waals surface area contributed by atoms with E-state index < -0.39 is 0 Å². The fourth-order valence-electron chi connectivity index (χ4n) is 2.08. The fourth-order valence-corrected chi connectivity index (χ4v) is 2.08. The van der Waals surface area contributed by atoms with Gasteiger partial charge in [0.2, 0.25) is 11.9 Å². The number of hydrogen-bond acceptors (Lipinski definition) is 7. The Bertz CT molecular complexity index is 401. The summed E-state index contributed by atoms with van der Waals surface area (Å²) in [5, 5.41) is 3.38. The lowest BCUT2D eigenvalue weighted by Gasteiger charge is -2.41. The summed E-state index contributed by atoms with van der Waals surface area (Å²) < 4.78 is 5.29. The number of nitrogens with one attached hydrogen (secondary N) is 2. The van der Waals surface area contributed by atoms with Crippen LogP contribution >= 0.6 is 0 Å². The molecule has 0 bridgehead atoms. The zero-order valence-electron chi connectivity index (χ0n) is 10.9. The van der Waals surface area contributed by atoms with Crippen molar-refractivity contribution in [1.82, 2.24) is 15.0 Å². The van der Waals surface area contributed by atoms with Gasteiger partial charge in [-0.1, -0.05) is 6.92 Å². The summed E-state index contributed by atoms with van der Waals surface area (Å²) in [7, 11) is 0. The van der Waals surface area contributed by atoms with Crippen molar-refractivity contribution in [2.24, 2.45) is 5.84 Å². The first kappa shape index (κ1) is 12.8. The molecule has 18 heavy (non-hydrogen) atoms. The average Bonchev–Trinajstić information content (AvgIpc) is 2.34. The zero-order valence-corrected chi connectivity index (χ0v) is 10.9. The molecule has 0 aromatic carbocycles. The predicted molar refractivity (Wildman–Crippen MR) is 69.3 cm³/mol. The molecule has 1 aliphatic rings. The van der Waals surface area contributed by atoms with Crippen LogP contribution in [0.3, 0.4) is 0 Å². The standard InChI is InChI=1S/C11H20N6O/c1-3-11(6-5-7-11)16-8-13-9(17-12)15-10(14-8)18-4-2/h3-7,12H2,1-2H3,(H2,13,14,15,16,17). The van der Waals surface area contributed by atoms with E-state index in [0.717, 1.165) is 19.3 Å². The van der Waals surface area contributed by atoms with Gasteiger partial charge < -0.3 is 10.1 Å². The summed E-state index contributed by atoms with van der Waals surface area (Å²) >= 11 is 0. The largest absolute Gasteiger partial charge is 0.464 e. The Hall–Kier alpha value is -1.63. The molecule has 1 aliphatic carbocycles. The average molecular weight is 252 g/mol. The van der Waals surface area contributed by atoms with Crippen LogP contribution in [-0.2, 0) is 0 Å². The molecule has 0 spiro atoms. The smallest absolute Gasteiger partial charge is 0.323 e. The van der Waals surface area contributed by atoms with E-state index in [1.54, 1.807) is 0 Å². The first-order chi connectivity index (χ1) is 8.71. The Labute approximate surface area is 107 Å². The minimum absolute atomic E-state index is 0.122. The molecule has 2 rings (SSSR count). The van der Waals surface area contributed by atoms with Gasteiger partial charge in [0.05, 0.1) is 6.61 Å². The molecule has 1 heterocycles. The summed E-state index contributed by atoms with van der Waals surface area (Å²) in [4.78, 5) is 12.5. The normalized spacial score (nSPS) is 16.8. The lowest BCUT2D eigenvalue weighted by molar-refractivity contribution is 0.266. The Kier molecular flexibility index (Phi) is 3.81. The number of nitrogens with zero attached hydrogens (tertiary/aromatic N) is 3. The van der Waals surface area contributed by atoms with E-state index in [4.69, 9.17) is 10.6 Å². The summed E-state index contributed by atoms with van der Waals surface area (Å²) in [6.07, 6.45) is 4.58. The SMILES string of the molecule is CCOc1nc(NN)nc(NC2(CC)CCC2)n1. The highest BCUT2D eigenvalue weighted by Crippen LogP contribution is 2.37. The topological polar surface area (TPSA) is 98.0 Å². The zero-order chi connectivity index (χ0) is 13.0. The van der Waals surface area contributed by atoms with E-state index in [0.29, 0.717) is 18.5 Å². The van der Waals surface area contributed by atoms with Crippen LogP contribution in [0.4, 0.5) is 11.9 Å². The summed E-state index contributed by atoms with van der Waals surface area (Å²) in [6, 6.07) is 0.286. The van der Waals surface area contributed by atoms with Crippen molar-refractivity contribution in [2.75, 3.05) is 17.3 Å². The van der Waals surface area contributed by atoms with Crippen molar-refractivity contribution in [3.8, 4) is 6.01 Å². The molecule has 0 unspecified atom stereocenters. The van der Waals surface area contributed by atoms with Crippen molar-refractivity contribution in [1.29, 1.82) is 0 Å². The van der Waals surface area contributed by atoms with Gasteiger partial charge in [-0.05, 0) is 32.6 Å². The Morgan fingerprint density at radius 2 is 1.94 bits per heavy atom. The van der Waals surface area contributed by atoms with Gasteiger partial charge in [0.25, 0.3) is 0 Å². The van der Waals surface area contributed by atoms with Crippen LogP contribution in [0, 0.1) is 0 Å². The molecular formula is C11H20N6O. The fraction of sp³-hybridized carbons (Fsp3) is 0.727. The quantitative estimate of drug-likeness (QED) is 0.518. The highest BCUT2D eigenvalue weighted by atomic mass is 16.5. The minimum atomic E-state index is 0.122. The van der Waals surface area contributed by atoms with Gasteiger partial charge in [-0.25, -0.2) is 5.84 Å². The van der Waals surface area contributed by atoms with Crippen LogP contribution in [-0.4, -0.2) is 27.1 Å². The second-order valence-corrected chi connectivity index (χ2v) is 4.45. The molecule has 1 aromatic rings. The molecule has 0 radical (unpaired) electrons. The molecule has 7 nitrogen and oxygen atoms in total. The minimum Gasteiger partial charge on any atom is -0.464 e. The monoisotopic (exact) mass is 252 g/mol. The van der Waals surface area contributed by atoms with Gasteiger partial charge in [-0.15, -0.1) is 0 Å². The van der Waals surface area contributed by atoms with Crippen molar-refractivity contribution >= 4 is 11.9 Å². The number of anilines is 2. The molecule has 7 heteroatoms. The van der Waals surface area contributed by atoms with Gasteiger partial charge in [0.1, 0.15) is 0 Å². The van der Waals surface area contributed by atoms with Crippen LogP contribution in [0.1, 0.15) is 39.5 Å². The number of aromatic nitrogens is 3. The lowest BCUT2D eigenvalue weighted by Crippen LogP contribution is -2.44. The van der Waals surface area contributed by atoms with E-state index in [2.05, 4.69) is 32.6 Å². The van der Waals surface area contributed by atoms with Crippen molar-refractivity contribution in [2.45, 2.75) is 45.1 Å². The molecular weight excluding hydrogens is 232 g/mol. The second-order valence-electron chi connectivity index (χ2n) is 4.45. The number of nitrogen functional groups attached to an aromatic ring is 1. The maximum atomic E-state index is 5.34. The third-order valence-electron chi connectivity index (χ3n) is 3.38. The maximum absolute atomic E-state index is 5.34. The van der Waals surface area contributed by atoms with Crippen LogP contribution < -0.4 is 21.3 Å². The molecule has 100 valence electrons. The molecule has 1 saturated carbocycles. The molecule has 0 amide bonds. The van der Waals surface area contributed by atoms with Gasteiger partial charge >= 0.3 is 6.01 Å². The van der Waals surface area contributed by atoms with E-state index in [1.165, 1.54) is 6.42 Å². The number of nitrogens with two attached hydrogens (primary N) is 1. The van der Waals surface area contributed by atoms with Gasteiger partial charge in [0.15, 0.2) is 0 Å². The Morgan fingerprint density at radius 3 is 2.44 bits per heavy atom. The number of ether oxygens (including phenoxy) is 1. The van der Waals surface area contributed by atoms with Gasteiger partial charge in [-0.2, -0.15) is 15.0 Å². The van der Waals surface area contributed by atoms with E-state index >= 15 is 0 Å². The summed E-state index contributed by atoms with van der Waals surface area (Å²) in [5.74, 6) is 6.16. The number of rotatable bonds is 6. The molecule has 4 N–H and O–H groups in total. The van der Waals surface area contributed by atoms with Crippen LogP contribution in [0.5, 0.6) is 6.01 Å². The van der Waals surface area contributed by atoms with Crippen LogP contribution in [0.15, 0.2) is 0 Å². The Balaban J connectivity index is 2.18. The van der Waals surface area contributed by atoms with Gasteiger partial charge in [-0.3, -0.25) is 5.43 Å². The molecule has 1 fully saturated rings. The molecule has 0 aliphatic heterocycles. The molecule has 0 atom stereocenters. The lowest BCUT2D eigenvalue weighted by atomic mass is 9.75. The van der Waals surface area contributed by atoms with Crippen molar-refractivity contribution in [3.63, 3.8) is 0 Å².